The Labute approximate surface area is 121 Å². The summed E-state index contributed by atoms with van der Waals surface area (Å²) in [5.74, 6) is 0.456. The summed E-state index contributed by atoms with van der Waals surface area (Å²) >= 11 is 0. The lowest BCUT2D eigenvalue weighted by Gasteiger charge is -2.24. The second-order valence-corrected chi connectivity index (χ2v) is 5.51. The zero-order valence-electron chi connectivity index (χ0n) is 11.5. The number of aryl methyl sites for hydroxylation is 1. The lowest BCUT2D eigenvalue weighted by Crippen LogP contribution is -2.41. The summed E-state index contributed by atoms with van der Waals surface area (Å²) in [6, 6.07) is 7.73. The summed E-state index contributed by atoms with van der Waals surface area (Å²) < 4.78 is 2.00. The maximum atomic E-state index is 12.2. The fraction of sp³-hybridized carbons (Fsp3) is 0.312. The van der Waals surface area contributed by atoms with Gasteiger partial charge in [-0.15, -0.1) is 0 Å². The Morgan fingerprint density at radius 1 is 1.19 bits per heavy atom. The molecule has 0 unspecified atom stereocenters. The Bertz CT molecular complexity index is 788. The van der Waals surface area contributed by atoms with Gasteiger partial charge in [-0.1, -0.05) is 18.2 Å². The first-order valence-electron chi connectivity index (χ1n) is 7.24. The molecular weight excluding hydrogens is 266 g/mol. The molecule has 2 aromatic rings. The number of nitrogens with zero attached hydrogens (tertiary/aromatic N) is 2. The molecule has 1 atom stereocenters. The Hall–Kier alpha value is -2.43. The van der Waals surface area contributed by atoms with E-state index >= 15 is 0 Å². The number of hydrogen-bond donors (Lipinski definition) is 1. The minimum Gasteiger partial charge on any atom is -0.313 e. The van der Waals surface area contributed by atoms with Crippen LogP contribution >= 0.6 is 0 Å². The van der Waals surface area contributed by atoms with E-state index in [0.29, 0.717) is 12.8 Å². The topological polar surface area (TPSA) is 63.5 Å². The van der Waals surface area contributed by atoms with Crippen LogP contribution in [0.3, 0.4) is 0 Å². The van der Waals surface area contributed by atoms with Crippen molar-refractivity contribution in [2.75, 3.05) is 0 Å². The third-order valence-corrected chi connectivity index (χ3v) is 4.25. The third-order valence-electron chi connectivity index (χ3n) is 4.25. The second kappa shape index (κ2) is 4.55. The van der Waals surface area contributed by atoms with E-state index in [9.17, 15) is 9.59 Å². The van der Waals surface area contributed by atoms with Gasteiger partial charge in [0.2, 0.25) is 11.8 Å². The number of benzene rings is 1. The quantitative estimate of drug-likeness (QED) is 0.815. The van der Waals surface area contributed by atoms with Crippen LogP contribution in [0.25, 0.3) is 10.9 Å². The Morgan fingerprint density at radius 3 is 2.90 bits per heavy atom. The molecule has 1 aromatic heterocycles. The summed E-state index contributed by atoms with van der Waals surface area (Å²) in [7, 11) is 0. The Balaban J connectivity index is 1.94. The van der Waals surface area contributed by atoms with E-state index in [-0.39, 0.29) is 17.9 Å². The number of aromatic nitrogens is 1. The molecule has 1 N–H and O–H groups in total. The molecule has 0 radical (unpaired) electrons. The van der Waals surface area contributed by atoms with Crippen molar-refractivity contribution in [1.29, 1.82) is 0 Å². The molecule has 0 bridgehead atoms. The minimum atomic E-state index is -0.355. The number of nitrogens with one attached hydrogen (secondary N) is 1. The van der Waals surface area contributed by atoms with Crippen LogP contribution in [0.4, 0.5) is 5.82 Å². The molecule has 2 aliphatic heterocycles. The number of hydrogen-bond acceptors (Lipinski definition) is 3. The molecule has 5 heteroatoms. The number of rotatable bonds is 1. The van der Waals surface area contributed by atoms with Crippen molar-refractivity contribution in [3.63, 3.8) is 0 Å². The van der Waals surface area contributed by atoms with Crippen LogP contribution in [-0.4, -0.2) is 22.6 Å². The minimum absolute atomic E-state index is 0.190. The van der Waals surface area contributed by atoms with Crippen LogP contribution in [0.1, 0.15) is 30.9 Å². The fourth-order valence-electron chi connectivity index (χ4n) is 3.31. The zero-order chi connectivity index (χ0) is 14.4. The van der Waals surface area contributed by atoms with Crippen LogP contribution in [0, 0.1) is 0 Å². The van der Waals surface area contributed by atoms with E-state index in [0.717, 1.165) is 29.6 Å². The number of aliphatic imine (C=N–C) groups is 1. The average molecular weight is 281 g/mol. The third kappa shape index (κ3) is 1.81. The van der Waals surface area contributed by atoms with Crippen LogP contribution < -0.4 is 5.32 Å². The monoisotopic (exact) mass is 281 g/mol. The molecule has 21 heavy (non-hydrogen) atoms. The van der Waals surface area contributed by atoms with Crippen molar-refractivity contribution in [2.24, 2.45) is 4.99 Å². The molecule has 5 nitrogen and oxygen atoms in total. The van der Waals surface area contributed by atoms with Crippen molar-refractivity contribution in [2.45, 2.75) is 31.7 Å². The number of imide groups is 1. The molecule has 3 heterocycles. The molecule has 106 valence electrons. The number of piperidine rings is 1. The Kier molecular flexibility index (Phi) is 2.67. The molecular formula is C16H15N3O2. The van der Waals surface area contributed by atoms with Gasteiger partial charge in [-0.05, 0) is 25.3 Å². The highest BCUT2D eigenvalue weighted by Crippen LogP contribution is 2.39. The smallest absolute Gasteiger partial charge is 0.249 e. The molecule has 2 amide bonds. The van der Waals surface area contributed by atoms with Crippen molar-refractivity contribution in [1.82, 2.24) is 9.88 Å². The maximum Gasteiger partial charge on any atom is 0.249 e. The van der Waals surface area contributed by atoms with Gasteiger partial charge in [0.05, 0.1) is 5.52 Å². The van der Waals surface area contributed by atoms with Gasteiger partial charge in [0.15, 0.2) is 0 Å². The van der Waals surface area contributed by atoms with Crippen LogP contribution in [-0.2, 0) is 16.0 Å². The maximum absolute atomic E-state index is 12.2. The van der Waals surface area contributed by atoms with E-state index in [4.69, 9.17) is 0 Å². The first-order chi connectivity index (χ1) is 10.3. The van der Waals surface area contributed by atoms with E-state index < -0.39 is 0 Å². The average Bonchev–Trinajstić information content (AvgIpc) is 2.82. The number of fused-ring (bicyclic) bond motifs is 3. The first-order valence-corrected chi connectivity index (χ1v) is 7.24. The molecule has 2 aliphatic rings. The molecule has 1 saturated heterocycles. The van der Waals surface area contributed by atoms with Gasteiger partial charge < -0.3 is 4.57 Å². The lowest BCUT2D eigenvalue weighted by molar-refractivity contribution is -0.135. The highest BCUT2D eigenvalue weighted by Gasteiger charge is 2.32. The fourth-order valence-corrected chi connectivity index (χ4v) is 3.31. The van der Waals surface area contributed by atoms with Crippen LogP contribution in [0.5, 0.6) is 0 Å². The van der Waals surface area contributed by atoms with E-state index in [1.807, 2.05) is 29.0 Å². The number of amides is 2. The predicted octanol–water partition coefficient (Wildman–Crippen LogP) is 2.27. The summed E-state index contributed by atoms with van der Waals surface area (Å²) in [5.41, 5.74) is 2.23. The van der Waals surface area contributed by atoms with E-state index in [1.165, 1.54) is 5.56 Å². The van der Waals surface area contributed by atoms with Gasteiger partial charge in [-0.2, -0.15) is 0 Å². The number of carbonyl (C=O) groups is 2. The SMILES string of the molecule is O=C1CC[C@@H](n2c3c(c4ccccc42)CCC=N3)C(=O)N1. The van der Waals surface area contributed by atoms with Gasteiger partial charge in [0, 0.05) is 23.6 Å². The van der Waals surface area contributed by atoms with Gasteiger partial charge in [0.1, 0.15) is 11.9 Å². The Morgan fingerprint density at radius 2 is 2.05 bits per heavy atom. The number of carbonyl (C=O) groups excluding carboxylic acids is 2. The second-order valence-electron chi connectivity index (χ2n) is 5.51. The zero-order valence-corrected chi connectivity index (χ0v) is 11.5. The van der Waals surface area contributed by atoms with Crippen molar-refractivity contribution in [3.05, 3.63) is 29.8 Å². The standard InChI is InChI=1S/C16H15N3O2/c20-14-8-7-13(16(21)18-14)19-12-6-2-1-4-10(12)11-5-3-9-17-15(11)19/h1-2,4,6,9,13H,3,5,7-8H2,(H,18,20,21)/t13-/m1/s1. The summed E-state index contributed by atoms with van der Waals surface area (Å²) in [5, 5.41) is 3.60. The van der Waals surface area contributed by atoms with Gasteiger partial charge in [-0.3, -0.25) is 14.9 Å². The van der Waals surface area contributed by atoms with E-state index in [1.54, 1.807) is 0 Å². The number of para-hydroxylation sites is 1. The highest BCUT2D eigenvalue weighted by molar-refractivity contribution is 6.01. The normalized spacial score (nSPS) is 21.4. The van der Waals surface area contributed by atoms with E-state index in [2.05, 4.69) is 16.4 Å². The first kappa shape index (κ1) is 12.3. The van der Waals surface area contributed by atoms with Gasteiger partial charge in [-0.25, -0.2) is 4.99 Å². The van der Waals surface area contributed by atoms with Crippen LogP contribution in [0.15, 0.2) is 29.3 Å². The molecule has 0 aliphatic carbocycles. The molecule has 0 saturated carbocycles. The molecule has 4 rings (SSSR count). The van der Waals surface area contributed by atoms with Gasteiger partial charge in [0.25, 0.3) is 0 Å². The van der Waals surface area contributed by atoms with Crippen molar-refractivity contribution >= 4 is 34.7 Å². The molecule has 1 fully saturated rings. The highest BCUT2D eigenvalue weighted by atomic mass is 16.2. The lowest BCUT2D eigenvalue weighted by atomic mass is 10.1. The van der Waals surface area contributed by atoms with Crippen molar-refractivity contribution in [3.8, 4) is 0 Å². The van der Waals surface area contributed by atoms with Crippen LogP contribution in [0.2, 0.25) is 0 Å². The molecule has 1 aromatic carbocycles. The summed E-state index contributed by atoms with van der Waals surface area (Å²) in [6.45, 7) is 0. The summed E-state index contributed by atoms with van der Waals surface area (Å²) in [4.78, 5) is 28.1. The van der Waals surface area contributed by atoms with Gasteiger partial charge >= 0.3 is 0 Å². The van der Waals surface area contributed by atoms with Crippen molar-refractivity contribution < 1.29 is 9.59 Å². The largest absolute Gasteiger partial charge is 0.313 e. The predicted molar refractivity (Wildman–Crippen MR) is 79.8 cm³/mol. The summed E-state index contributed by atoms with van der Waals surface area (Å²) in [6.07, 6.45) is 4.69. The molecule has 0 spiro atoms.